The Morgan fingerprint density at radius 3 is 1.20 bits per heavy atom. The van der Waals surface area contributed by atoms with Crippen LogP contribution in [0, 0.1) is 0 Å². The monoisotopic (exact) mass is 372 g/mol. The van der Waals surface area contributed by atoms with Crippen molar-refractivity contribution in [2.24, 2.45) is 0 Å². The quantitative estimate of drug-likeness (QED) is 0.542. The van der Waals surface area contributed by atoms with Gasteiger partial charge in [-0.05, 0) is 0 Å². The minimum atomic E-state index is 0. The van der Waals surface area contributed by atoms with E-state index in [9.17, 15) is 0 Å². The molecule has 0 saturated carbocycles. The molecule has 0 bridgehead atoms. The molecule has 0 amide bonds. The zero-order chi connectivity index (χ0) is 2.00. The first-order valence-electron chi connectivity index (χ1n) is 0.167. The van der Waals surface area contributed by atoms with Gasteiger partial charge in [-0.15, -0.1) is 0 Å². The number of rotatable bonds is 0. The summed E-state index contributed by atoms with van der Waals surface area (Å²) in [6.45, 7) is 0. The molecule has 38 valence electrons. The van der Waals surface area contributed by atoms with E-state index in [0.29, 0.717) is 19.8 Å². The van der Waals surface area contributed by atoms with Crippen LogP contribution in [0.4, 0.5) is 0 Å². The zero-order valence-corrected chi connectivity index (χ0v) is 7.99. The van der Waals surface area contributed by atoms with Crippen molar-refractivity contribution >= 4 is 0 Å². The van der Waals surface area contributed by atoms with Crippen molar-refractivity contribution < 1.29 is 73.5 Å². The SMILES string of the molecule is [Co].[Mn].[Ni].[O]=[W]. The zero-order valence-electron chi connectivity index (χ0n) is 1.84. The molecule has 0 aliphatic carbocycles. The molecule has 5 heavy (non-hydrogen) atoms. The first-order valence-corrected chi connectivity index (χ1v) is 1.36. The normalized spacial score (nSPS) is 0.800. The Kier molecular flexibility index (Phi) is 209. The predicted octanol–water partition coefficient (Wildman–Crippen LogP) is -0.129. The Labute approximate surface area is 72.8 Å². The van der Waals surface area contributed by atoms with Crippen molar-refractivity contribution in [2.75, 3.05) is 0 Å². The molecular weight excluding hydrogens is 372 g/mol. The maximum atomic E-state index is 8.33. The van der Waals surface area contributed by atoms with Gasteiger partial charge in [-0.25, -0.2) is 0 Å². The Balaban J connectivity index is -0.00000000167. The van der Waals surface area contributed by atoms with Crippen LogP contribution in [0.25, 0.3) is 0 Å². The van der Waals surface area contributed by atoms with Crippen LogP contribution >= 0.6 is 0 Å². The Hall–Kier alpha value is 2.01. The molecule has 0 aromatic carbocycles. The Bertz CT molecular complexity index is 11.6. The third kappa shape index (κ3) is 23.9. The molecule has 0 rings (SSSR count). The predicted molar refractivity (Wildman–Crippen MR) is 0.686 cm³/mol. The summed E-state index contributed by atoms with van der Waals surface area (Å²) >= 11 is 0.333. The van der Waals surface area contributed by atoms with Gasteiger partial charge in [-0.2, -0.15) is 0 Å². The molecule has 0 aliphatic heterocycles. The summed E-state index contributed by atoms with van der Waals surface area (Å²) in [5, 5.41) is 0. The summed E-state index contributed by atoms with van der Waals surface area (Å²) in [7, 11) is 0. The van der Waals surface area contributed by atoms with Crippen LogP contribution in [0.15, 0.2) is 0 Å². The molecule has 0 aromatic heterocycles. The fraction of sp³-hybridized carbons (Fsp3) is 0. The van der Waals surface area contributed by atoms with Crippen molar-refractivity contribution in [1.82, 2.24) is 0 Å². The second-order valence-electron chi connectivity index (χ2n) is 0. The molecule has 0 aromatic rings. The van der Waals surface area contributed by atoms with Crippen LogP contribution in [-0.2, 0) is 73.5 Å². The van der Waals surface area contributed by atoms with E-state index in [0.717, 1.165) is 0 Å². The maximum absolute atomic E-state index is 8.33. The Morgan fingerprint density at radius 2 is 1.20 bits per heavy atom. The molecule has 0 saturated heterocycles. The molecule has 2 radical (unpaired) electrons. The van der Waals surface area contributed by atoms with E-state index < -0.39 is 0 Å². The van der Waals surface area contributed by atoms with Gasteiger partial charge in [0.2, 0.25) is 0 Å². The molecule has 0 heterocycles. The van der Waals surface area contributed by atoms with E-state index in [2.05, 4.69) is 0 Å². The van der Waals surface area contributed by atoms with Gasteiger partial charge in [-0.3, -0.25) is 0 Å². The second-order valence-corrected chi connectivity index (χ2v) is 0. The fourth-order valence-corrected chi connectivity index (χ4v) is 0. The van der Waals surface area contributed by atoms with Crippen LogP contribution in [0.3, 0.4) is 0 Å². The Morgan fingerprint density at radius 1 is 1.20 bits per heavy atom. The van der Waals surface area contributed by atoms with Gasteiger partial charge in [0.25, 0.3) is 0 Å². The third-order valence-electron chi connectivity index (χ3n) is 0. The number of hydrogen-bond acceptors (Lipinski definition) is 1. The van der Waals surface area contributed by atoms with Gasteiger partial charge >= 0.3 is 23.2 Å². The summed E-state index contributed by atoms with van der Waals surface area (Å²) in [5.74, 6) is 0. The van der Waals surface area contributed by atoms with E-state index in [4.69, 9.17) is 3.40 Å². The van der Waals surface area contributed by atoms with Crippen LogP contribution in [0.2, 0.25) is 0 Å². The van der Waals surface area contributed by atoms with Crippen molar-refractivity contribution in [1.29, 1.82) is 0 Å². The van der Waals surface area contributed by atoms with Gasteiger partial charge < -0.3 is 0 Å². The van der Waals surface area contributed by atoms with E-state index in [1.54, 1.807) is 0 Å². The average molecular weight is 372 g/mol. The van der Waals surface area contributed by atoms with Crippen molar-refractivity contribution in [2.45, 2.75) is 0 Å². The van der Waals surface area contributed by atoms with Gasteiger partial charge in [0.1, 0.15) is 0 Å². The third-order valence-corrected chi connectivity index (χ3v) is 0. The molecule has 0 unspecified atom stereocenters. The average Bonchev–Trinajstić information content (AvgIpc) is 1.00. The summed E-state index contributed by atoms with van der Waals surface area (Å²) in [6.07, 6.45) is 0. The summed E-state index contributed by atoms with van der Waals surface area (Å²) in [5.41, 5.74) is 0. The van der Waals surface area contributed by atoms with E-state index in [1.165, 1.54) is 0 Å². The van der Waals surface area contributed by atoms with Gasteiger partial charge in [0.15, 0.2) is 0 Å². The topological polar surface area (TPSA) is 17.1 Å². The first-order chi connectivity index (χ1) is 1.00. The van der Waals surface area contributed by atoms with E-state index >= 15 is 0 Å². The summed E-state index contributed by atoms with van der Waals surface area (Å²) in [6, 6.07) is 0. The molecule has 0 fully saturated rings. The summed E-state index contributed by atoms with van der Waals surface area (Å²) in [4.78, 5) is 0. The molecule has 0 N–H and O–H groups in total. The van der Waals surface area contributed by atoms with Crippen LogP contribution in [0.1, 0.15) is 0 Å². The van der Waals surface area contributed by atoms with Gasteiger partial charge in [-0.1, -0.05) is 0 Å². The molecular formula is CoMnNiOW. The molecule has 1 nitrogen and oxygen atoms in total. The standard InChI is InChI=1S/Co.Mn.Ni.O.W. The van der Waals surface area contributed by atoms with Gasteiger partial charge in [0, 0.05) is 50.3 Å². The van der Waals surface area contributed by atoms with E-state index in [1.807, 2.05) is 0 Å². The molecule has 5 heteroatoms. The molecule has 0 atom stereocenters. The van der Waals surface area contributed by atoms with Crippen molar-refractivity contribution in [3.8, 4) is 0 Å². The van der Waals surface area contributed by atoms with Crippen LogP contribution < -0.4 is 0 Å². The van der Waals surface area contributed by atoms with Crippen molar-refractivity contribution in [3.63, 3.8) is 0 Å². The minimum absolute atomic E-state index is 0. The fourth-order valence-electron chi connectivity index (χ4n) is 0. The summed E-state index contributed by atoms with van der Waals surface area (Å²) < 4.78 is 8.33. The van der Waals surface area contributed by atoms with Crippen molar-refractivity contribution in [3.05, 3.63) is 0 Å². The van der Waals surface area contributed by atoms with E-state index in [-0.39, 0.29) is 50.3 Å². The first kappa shape index (κ1) is 28.0. The molecule has 0 aliphatic rings. The van der Waals surface area contributed by atoms with Crippen LogP contribution in [-0.4, -0.2) is 0 Å². The van der Waals surface area contributed by atoms with Crippen LogP contribution in [0.5, 0.6) is 0 Å². The second kappa shape index (κ2) is 37.4. The molecule has 0 spiro atoms. The van der Waals surface area contributed by atoms with Gasteiger partial charge in [0.05, 0.1) is 0 Å². The number of hydrogen-bond donors (Lipinski definition) is 0.